The van der Waals surface area contributed by atoms with E-state index in [1.54, 1.807) is 0 Å². The van der Waals surface area contributed by atoms with Crippen molar-refractivity contribution in [2.45, 2.75) is 11.4 Å². The van der Waals surface area contributed by atoms with Gasteiger partial charge in [0.15, 0.2) is 0 Å². The van der Waals surface area contributed by atoms with Gasteiger partial charge in [0.05, 0.1) is 22.7 Å². The zero-order chi connectivity index (χ0) is 15.5. The van der Waals surface area contributed by atoms with Gasteiger partial charge in [-0.3, -0.25) is 0 Å². The number of sulfonamides is 1. The first-order chi connectivity index (χ1) is 9.90. The first-order valence-corrected chi connectivity index (χ1v) is 7.16. The quantitative estimate of drug-likeness (QED) is 0.845. The number of hydrogen-bond donors (Lipinski definition) is 2. The van der Waals surface area contributed by atoms with Gasteiger partial charge in [0.2, 0.25) is 10.0 Å². The summed E-state index contributed by atoms with van der Waals surface area (Å²) < 4.78 is 39.5. The molecule has 2 aromatic rings. The predicted octanol–water partition coefficient (Wildman–Crippen LogP) is 0.792. The number of halogens is 1. The Balaban J connectivity index is 2.24. The summed E-state index contributed by atoms with van der Waals surface area (Å²) in [6.07, 6.45) is 2.72. The minimum Gasteiger partial charge on any atom is -0.478 e. The van der Waals surface area contributed by atoms with E-state index in [0.717, 1.165) is 18.2 Å². The highest BCUT2D eigenvalue weighted by molar-refractivity contribution is 7.89. The SMILES string of the molecule is O=C(O)c1cc(S(=O)(=O)NCc2ccncn2)ccc1F. The molecule has 0 amide bonds. The van der Waals surface area contributed by atoms with Crippen molar-refractivity contribution in [1.82, 2.24) is 14.7 Å². The van der Waals surface area contributed by atoms with Gasteiger partial charge in [-0.1, -0.05) is 0 Å². The van der Waals surface area contributed by atoms with Crippen LogP contribution in [0.1, 0.15) is 16.1 Å². The van der Waals surface area contributed by atoms with Gasteiger partial charge in [-0.2, -0.15) is 0 Å². The Morgan fingerprint density at radius 3 is 2.71 bits per heavy atom. The number of aromatic nitrogens is 2. The molecule has 1 heterocycles. The fourth-order valence-corrected chi connectivity index (χ4v) is 2.54. The number of rotatable bonds is 5. The van der Waals surface area contributed by atoms with Crippen LogP contribution in [0.4, 0.5) is 4.39 Å². The Labute approximate surface area is 119 Å². The third kappa shape index (κ3) is 3.58. The minimum absolute atomic E-state index is 0.0926. The summed E-state index contributed by atoms with van der Waals surface area (Å²) in [5.74, 6) is -2.54. The highest BCUT2D eigenvalue weighted by atomic mass is 32.2. The molecule has 0 aliphatic rings. The number of benzene rings is 1. The number of nitrogens with zero attached hydrogens (tertiary/aromatic N) is 2. The van der Waals surface area contributed by atoms with E-state index in [0.29, 0.717) is 5.69 Å². The van der Waals surface area contributed by atoms with Crippen molar-refractivity contribution in [3.8, 4) is 0 Å². The summed E-state index contributed by atoms with van der Waals surface area (Å²) in [7, 11) is -3.97. The van der Waals surface area contributed by atoms with Crippen LogP contribution in [0.15, 0.2) is 41.7 Å². The summed E-state index contributed by atoms with van der Waals surface area (Å²) >= 11 is 0. The van der Waals surface area contributed by atoms with Crippen LogP contribution in [0, 0.1) is 5.82 Å². The third-order valence-corrected chi connectivity index (χ3v) is 3.96. The standard InChI is InChI=1S/C12H10FN3O4S/c13-11-2-1-9(5-10(11)12(17)18)21(19,20)16-6-8-3-4-14-7-15-8/h1-5,7,16H,6H2,(H,17,18). The molecule has 1 aromatic heterocycles. The van der Waals surface area contributed by atoms with E-state index in [-0.39, 0.29) is 11.4 Å². The van der Waals surface area contributed by atoms with Gasteiger partial charge < -0.3 is 5.11 Å². The first-order valence-electron chi connectivity index (χ1n) is 5.67. The summed E-state index contributed by atoms with van der Waals surface area (Å²) in [6, 6.07) is 4.07. The molecule has 0 saturated heterocycles. The van der Waals surface area contributed by atoms with E-state index < -0.39 is 27.4 Å². The van der Waals surface area contributed by atoms with Gasteiger partial charge in [-0.15, -0.1) is 0 Å². The average molecular weight is 311 g/mol. The van der Waals surface area contributed by atoms with Crippen LogP contribution >= 0.6 is 0 Å². The molecule has 1 aromatic carbocycles. The summed E-state index contributed by atoms with van der Waals surface area (Å²) in [4.78, 5) is 18.0. The topological polar surface area (TPSA) is 109 Å². The van der Waals surface area contributed by atoms with Crippen molar-refractivity contribution in [3.63, 3.8) is 0 Å². The van der Waals surface area contributed by atoms with Crippen molar-refractivity contribution in [3.05, 3.63) is 53.9 Å². The van der Waals surface area contributed by atoms with E-state index in [2.05, 4.69) is 14.7 Å². The summed E-state index contributed by atoms with van der Waals surface area (Å²) in [5.41, 5.74) is -0.269. The normalized spacial score (nSPS) is 11.3. The molecule has 0 saturated carbocycles. The number of carbonyl (C=O) groups is 1. The second-order valence-corrected chi connectivity index (χ2v) is 5.74. The van der Waals surface area contributed by atoms with E-state index in [9.17, 15) is 17.6 Å². The predicted molar refractivity (Wildman–Crippen MR) is 69.4 cm³/mol. The minimum atomic E-state index is -3.97. The van der Waals surface area contributed by atoms with Gasteiger partial charge in [0, 0.05) is 6.20 Å². The summed E-state index contributed by atoms with van der Waals surface area (Å²) in [5, 5.41) is 8.79. The van der Waals surface area contributed by atoms with Crippen LogP contribution in [0.25, 0.3) is 0 Å². The molecule has 21 heavy (non-hydrogen) atoms. The van der Waals surface area contributed by atoms with Gasteiger partial charge in [0.1, 0.15) is 12.1 Å². The van der Waals surface area contributed by atoms with Crippen LogP contribution < -0.4 is 4.72 Å². The maximum Gasteiger partial charge on any atom is 0.338 e. The van der Waals surface area contributed by atoms with Gasteiger partial charge in [-0.25, -0.2) is 32.3 Å². The van der Waals surface area contributed by atoms with E-state index in [1.165, 1.54) is 18.6 Å². The lowest BCUT2D eigenvalue weighted by Crippen LogP contribution is -2.24. The van der Waals surface area contributed by atoms with Crippen molar-refractivity contribution < 1.29 is 22.7 Å². The molecule has 0 atom stereocenters. The van der Waals surface area contributed by atoms with Gasteiger partial charge in [-0.05, 0) is 24.3 Å². The van der Waals surface area contributed by atoms with Crippen molar-refractivity contribution in [1.29, 1.82) is 0 Å². The zero-order valence-corrected chi connectivity index (χ0v) is 11.3. The molecule has 0 aliphatic carbocycles. The lowest BCUT2D eigenvalue weighted by atomic mass is 10.2. The molecule has 0 unspecified atom stereocenters. The Hall–Kier alpha value is -2.39. The Morgan fingerprint density at radius 1 is 1.33 bits per heavy atom. The second kappa shape index (κ2) is 5.94. The molecular formula is C12H10FN3O4S. The Bertz CT molecular complexity index is 765. The molecule has 2 rings (SSSR count). The monoisotopic (exact) mass is 311 g/mol. The zero-order valence-electron chi connectivity index (χ0n) is 10.5. The molecule has 0 spiro atoms. The lowest BCUT2D eigenvalue weighted by molar-refractivity contribution is 0.0691. The van der Waals surface area contributed by atoms with Crippen LogP contribution in [0.5, 0.6) is 0 Å². The van der Waals surface area contributed by atoms with Gasteiger partial charge >= 0.3 is 5.97 Å². The van der Waals surface area contributed by atoms with Crippen LogP contribution in [0.2, 0.25) is 0 Å². The first kappa shape index (κ1) is 15.0. The molecule has 9 heteroatoms. The van der Waals surface area contributed by atoms with Crippen molar-refractivity contribution >= 4 is 16.0 Å². The number of hydrogen-bond acceptors (Lipinski definition) is 5. The van der Waals surface area contributed by atoms with E-state index in [1.807, 2.05) is 0 Å². The van der Waals surface area contributed by atoms with Crippen molar-refractivity contribution in [2.24, 2.45) is 0 Å². The third-order valence-electron chi connectivity index (χ3n) is 2.57. The van der Waals surface area contributed by atoms with Crippen LogP contribution in [0.3, 0.4) is 0 Å². The average Bonchev–Trinajstić information content (AvgIpc) is 2.46. The van der Waals surface area contributed by atoms with E-state index >= 15 is 0 Å². The molecule has 0 radical (unpaired) electrons. The molecule has 0 aliphatic heterocycles. The Kier molecular flexibility index (Phi) is 4.24. The molecule has 110 valence electrons. The highest BCUT2D eigenvalue weighted by Crippen LogP contribution is 2.15. The second-order valence-electron chi connectivity index (χ2n) is 3.97. The fourth-order valence-electron chi connectivity index (χ4n) is 1.51. The number of aromatic carboxylic acids is 1. The Morgan fingerprint density at radius 2 is 2.10 bits per heavy atom. The fraction of sp³-hybridized carbons (Fsp3) is 0.0833. The number of carboxylic acids is 1. The number of carboxylic acid groups (broad SMARTS) is 1. The molecule has 7 nitrogen and oxygen atoms in total. The molecule has 0 fully saturated rings. The van der Waals surface area contributed by atoms with Crippen LogP contribution in [-0.4, -0.2) is 29.5 Å². The number of nitrogens with one attached hydrogen (secondary N) is 1. The summed E-state index contributed by atoms with van der Waals surface area (Å²) in [6.45, 7) is -0.0926. The molecule has 2 N–H and O–H groups in total. The lowest BCUT2D eigenvalue weighted by Gasteiger charge is -2.07. The maximum absolute atomic E-state index is 13.2. The maximum atomic E-state index is 13.2. The molecule has 0 bridgehead atoms. The van der Waals surface area contributed by atoms with Crippen molar-refractivity contribution in [2.75, 3.05) is 0 Å². The van der Waals surface area contributed by atoms with Gasteiger partial charge in [0.25, 0.3) is 0 Å². The van der Waals surface area contributed by atoms with E-state index in [4.69, 9.17) is 5.11 Å². The van der Waals surface area contributed by atoms with Crippen LogP contribution in [-0.2, 0) is 16.6 Å². The largest absolute Gasteiger partial charge is 0.478 e. The molecular weight excluding hydrogens is 301 g/mol. The smallest absolute Gasteiger partial charge is 0.338 e. The highest BCUT2D eigenvalue weighted by Gasteiger charge is 2.19.